The molecule has 86 valence electrons. The zero-order valence-corrected chi connectivity index (χ0v) is 8.97. The van der Waals surface area contributed by atoms with Gasteiger partial charge in [0.2, 0.25) is 0 Å². The summed E-state index contributed by atoms with van der Waals surface area (Å²) in [4.78, 5) is 0. The minimum Gasteiger partial charge on any atom is -0.330 e. The molecule has 0 saturated carbocycles. The van der Waals surface area contributed by atoms with Crippen molar-refractivity contribution in [2.75, 3.05) is 6.54 Å². The molecule has 0 unspecified atom stereocenters. The van der Waals surface area contributed by atoms with Crippen LogP contribution in [0, 0.1) is 5.82 Å². The highest BCUT2D eigenvalue weighted by molar-refractivity contribution is 5.77. The van der Waals surface area contributed by atoms with Gasteiger partial charge in [-0.15, -0.1) is 10.2 Å². The highest BCUT2D eigenvalue weighted by Gasteiger charge is 2.11. The first-order valence-corrected chi connectivity index (χ1v) is 5.29. The Kier molecular flexibility index (Phi) is 2.22. The van der Waals surface area contributed by atoms with Crippen LogP contribution >= 0.6 is 0 Å². The van der Waals surface area contributed by atoms with Crippen molar-refractivity contribution >= 4 is 16.7 Å². The van der Waals surface area contributed by atoms with Crippen molar-refractivity contribution in [3.63, 3.8) is 0 Å². The van der Waals surface area contributed by atoms with Crippen LogP contribution in [-0.4, -0.2) is 26.4 Å². The van der Waals surface area contributed by atoms with Crippen molar-refractivity contribution in [2.24, 2.45) is 5.73 Å². The Labute approximate surface area is 96.1 Å². The topological polar surface area (TPSA) is 69.1 Å². The van der Waals surface area contributed by atoms with Gasteiger partial charge in [-0.3, -0.25) is 0 Å². The molecule has 1 aromatic carbocycles. The molecule has 17 heavy (non-hydrogen) atoms. The maximum absolute atomic E-state index is 14.1. The van der Waals surface area contributed by atoms with Crippen LogP contribution in [0.1, 0.15) is 5.56 Å². The first-order chi connectivity index (χ1) is 8.31. The summed E-state index contributed by atoms with van der Waals surface area (Å²) < 4.78 is 15.7. The zero-order chi connectivity index (χ0) is 11.8. The molecule has 3 rings (SSSR count). The van der Waals surface area contributed by atoms with Crippen molar-refractivity contribution in [1.82, 2.24) is 19.8 Å². The van der Waals surface area contributed by atoms with E-state index in [4.69, 9.17) is 5.73 Å². The molecular weight excluding hydrogens is 221 g/mol. The Balaban J connectivity index is 2.36. The Morgan fingerprint density at radius 3 is 2.94 bits per heavy atom. The number of rotatable bonds is 2. The second-order valence-electron chi connectivity index (χ2n) is 3.75. The molecule has 6 heteroatoms. The summed E-state index contributed by atoms with van der Waals surface area (Å²) >= 11 is 0. The number of nitrogens with zero attached hydrogens (tertiary/aromatic N) is 4. The van der Waals surface area contributed by atoms with Gasteiger partial charge in [-0.1, -0.05) is 6.07 Å². The average molecular weight is 231 g/mol. The van der Waals surface area contributed by atoms with E-state index >= 15 is 0 Å². The molecule has 2 heterocycles. The summed E-state index contributed by atoms with van der Waals surface area (Å²) in [5, 5.41) is 11.9. The zero-order valence-electron chi connectivity index (χ0n) is 8.97. The molecule has 0 amide bonds. The predicted molar refractivity (Wildman–Crippen MR) is 61.0 cm³/mol. The normalized spacial score (nSPS) is 11.4. The quantitative estimate of drug-likeness (QED) is 0.712. The molecule has 0 bridgehead atoms. The van der Waals surface area contributed by atoms with Crippen LogP contribution in [0.25, 0.3) is 16.7 Å². The number of halogens is 1. The summed E-state index contributed by atoms with van der Waals surface area (Å²) in [6, 6.07) is 5.23. The number of benzene rings is 1. The summed E-state index contributed by atoms with van der Waals surface area (Å²) in [6.45, 7) is 0.403. The fraction of sp³-hybridized carbons (Fsp3) is 0.182. The molecule has 5 nitrogen and oxygen atoms in total. The first kappa shape index (κ1) is 10.1. The van der Waals surface area contributed by atoms with Crippen LogP contribution in [0.4, 0.5) is 4.39 Å². The third-order valence-corrected chi connectivity index (χ3v) is 2.69. The lowest BCUT2D eigenvalue weighted by Gasteiger charge is -2.05. The summed E-state index contributed by atoms with van der Waals surface area (Å²) in [5.74, 6) is -0.363. The van der Waals surface area contributed by atoms with Crippen molar-refractivity contribution < 1.29 is 4.39 Å². The lowest BCUT2D eigenvalue weighted by atomic mass is 10.1. The van der Waals surface area contributed by atoms with Gasteiger partial charge < -0.3 is 5.73 Å². The predicted octanol–water partition coefficient (Wildman–Crippen LogP) is 0.918. The van der Waals surface area contributed by atoms with E-state index in [1.807, 2.05) is 0 Å². The van der Waals surface area contributed by atoms with Crippen LogP contribution in [0.3, 0.4) is 0 Å². The highest BCUT2D eigenvalue weighted by Crippen LogP contribution is 2.19. The van der Waals surface area contributed by atoms with Gasteiger partial charge in [-0.05, 0) is 24.6 Å². The number of fused-ring (bicyclic) bond motifs is 3. The van der Waals surface area contributed by atoms with Gasteiger partial charge >= 0.3 is 0 Å². The fourth-order valence-corrected chi connectivity index (χ4v) is 1.87. The number of aromatic nitrogens is 4. The SMILES string of the molecule is NCCc1ccc2c(nnc3ccnn32)c1F. The van der Waals surface area contributed by atoms with Gasteiger partial charge in [0.25, 0.3) is 0 Å². The number of hydrogen-bond acceptors (Lipinski definition) is 4. The molecule has 0 atom stereocenters. The van der Waals surface area contributed by atoms with Gasteiger partial charge in [0, 0.05) is 6.07 Å². The molecule has 0 radical (unpaired) electrons. The van der Waals surface area contributed by atoms with E-state index in [-0.39, 0.29) is 11.3 Å². The molecule has 3 aromatic rings. The van der Waals surface area contributed by atoms with Gasteiger partial charge in [-0.2, -0.15) is 5.10 Å². The average Bonchev–Trinajstić information content (AvgIpc) is 2.81. The summed E-state index contributed by atoms with van der Waals surface area (Å²) in [6.07, 6.45) is 2.09. The molecule has 0 aliphatic rings. The van der Waals surface area contributed by atoms with E-state index in [9.17, 15) is 4.39 Å². The largest absolute Gasteiger partial charge is 0.330 e. The molecule has 0 saturated heterocycles. The van der Waals surface area contributed by atoms with Crippen molar-refractivity contribution in [3.05, 3.63) is 35.8 Å². The van der Waals surface area contributed by atoms with E-state index < -0.39 is 0 Å². The Hall–Kier alpha value is -2.08. The minimum absolute atomic E-state index is 0.229. The van der Waals surface area contributed by atoms with Crippen LogP contribution in [0.15, 0.2) is 24.4 Å². The van der Waals surface area contributed by atoms with E-state index in [1.165, 1.54) is 0 Å². The number of hydrogen-bond donors (Lipinski definition) is 1. The third-order valence-electron chi connectivity index (χ3n) is 2.69. The van der Waals surface area contributed by atoms with Gasteiger partial charge in [-0.25, -0.2) is 8.91 Å². The molecule has 0 aliphatic carbocycles. The van der Waals surface area contributed by atoms with Crippen molar-refractivity contribution in [2.45, 2.75) is 6.42 Å². The molecule has 2 aromatic heterocycles. The molecule has 0 fully saturated rings. The monoisotopic (exact) mass is 231 g/mol. The smallest absolute Gasteiger partial charge is 0.177 e. The van der Waals surface area contributed by atoms with Gasteiger partial charge in [0.1, 0.15) is 5.52 Å². The van der Waals surface area contributed by atoms with E-state index in [1.54, 1.807) is 28.9 Å². The molecular formula is C11H10FN5. The van der Waals surface area contributed by atoms with E-state index in [0.29, 0.717) is 29.7 Å². The molecule has 2 N–H and O–H groups in total. The maximum Gasteiger partial charge on any atom is 0.177 e. The minimum atomic E-state index is -0.363. The van der Waals surface area contributed by atoms with E-state index in [0.717, 1.165) is 0 Å². The molecule has 0 spiro atoms. The second-order valence-corrected chi connectivity index (χ2v) is 3.75. The fourth-order valence-electron chi connectivity index (χ4n) is 1.87. The molecule has 0 aliphatic heterocycles. The second kappa shape index (κ2) is 3.74. The van der Waals surface area contributed by atoms with Crippen molar-refractivity contribution in [1.29, 1.82) is 0 Å². The summed E-state index contributed by atoms with van der Waals surface area (Å²) in [5.41, 5.74) is 7.42. The lowest BCUT2D eigenvalue weighted by Crippen LogP contribution is -2.06. The highest BCUT2D eigenvalue weighted by atomic mass is 19.1. The first-order valence-electron chi connectivity index (χ1n) is 5.29. The summed E-state index contributed by atoms with van der Waals surface area (Å²) in [7, 11) is 0. The number of nitrogens with two attached hydrogens (primary N) is 1. The third kappa shape index (κ3) is 1.45. The van der Waals surface area contributed by atoms with Crippen LogP contribution in [-0.2, 0) is 6.42 Å². The van der Waals surface area contributed by atoms with Crippen LogP contribution in [0.5, 0.6) is 0 Å². The maximum atomic E-state index is 14.1. The Morgan fingerprint density at radius 2 is 2.12 bits per heavy atom. The van der Waals surface area contributed by atoms with Crippen LogP contribution in [0.2, 0.25) is 0 Å². The Morgan fingerprint density at radius 1 is 1.24 bits per heavy atom. The lowest BCUT2D eigenvalue weighted by molar-refractivity contribution is 0.616. The van der Waals surface area contributed by atoms with Crippen molar-refractivity contribution in [3.8, 4) is 0 Å². The van der Waals surface area contributed by atoms with Gasteiger partial charge in [0.15, 0.2) is 11.5 Å². The van der Waals surface area contributed by atoms with Gasteiger partial charge in [0.05, 0.1) is 11.7 Å². The van der Waals surface area contributed by atoms with Crippen LogP contribution < -0.4 is 5.73 Å². The van der Waals surface area contributed by atoms with E-state index in [2.05, 4.69) is 15.3 Å². The Bertz CT molecular complexity index is 691. The standard InChI is InChI=1S/C11H10FN5/c12-10-7(3-5-13)1-2-8-11(10)16-15-9-4-6-14-17(8)9/h1-2,4,6H,3,5,13H2.